The first kappa shape index (κ1) is 19.9. The first-order valence-electron chi connectivity index (χ1n) is 8.92. The van der Waals surface area contributed by atoms with Crippen molar-refractivity contribution in [2.45, 2.75) is 13.0 Å². The number of carbonyl (C=O) groups excluding carboxylic acids is 2. The van der Waals surface area contributed by atoms with Gasteiger partial charge in [-0.2, -0.15) is 0 Å². The number of hydrogen-bond donors (Lipinski definition) is 2. The summed E-state index contributed by atoms with van der Waals surface area (Å²) in [5.74, 6) is 0.523. The highest BCUT2D eigenvalue weighted by Gasteiger charge is 2.07. The molecule has 0 fully saturated rings. The van der Waals surface area contributed by atoms with E-state index in [4.69, 9.17) is 4.74 Å². The van der Waals surface area contributed by atoms with Gasteiger partial charge in [0.1, 0.15) is 5.75 Å². The second kappa shape index (κ2) is 9.37. The molecule has 0 aliphatic rings. The molecule has 0 aliphatic heterocycles. The van der Waals surface area contributed by atoms with Crippen LogP contribution in [0.15, 0.2) is 65.1 Å². The molecular formula is C22H21BrN2O3. The van der Waals surface area contributed by atoms with Crippen molar-refractivity contribution in [2.75, 3.05) is 13.7 Å². The summed E-state index contributed by atoms with van der Waals surface area (Å²) < 4.78 is 6.14. The number of nitrogens with one attached hydrogen (secondary N) is 2. The minimum absolute atomic E-state index is 0.106. The fourth-order valence-corrected chi connectivity index (χ4v) is 3.06. The van der Waals surface area contributed by atoms with Gasteiger partial charge in [-0.25, -0.2) is 0 Å². The van der Waals surface area contributed by atoms with Gasteiger partial charge in [0.15, 0.2) is 0 Å². The van der Waals surface area contributed by atoms with Gasteiger partial charge >= 0.3 is 0 Å². The fraction of sp³-hybridized carbons (Fsp3) is 0.182. The van der Waals surface area contributed by atoms with Gasteiger partial charge in [-0.15, -0.1) is 0 Å². The molecule has 6 heteroatoms. The molecule has 0 unspecified atom stereocenters. The number of amides is 2. The number of fused-ring (bicyclic) bond motifs is 1. The summed E-state index contributed by atoms with van der Waals surface area (Å²) in [7, 11) is 1.65. The molecule has 0 radical (unpaired) electrons. The minimum atomic E-state index is -0.190. The van der Waals surface area contributed by atoms with E-state index >= 15 is 0 Å². The van der Waals surface area contributed by atoms with Crippen molar-refractivity contribution in [3.63, 3.8) is 0 Å². The summed E-state index contributed by atoms with van der Waals surface area (Å²) in [5.41, 5.74) is 1.58. The van der Waals surface area contributed by atoms with Crippen LogP contribution in [0, 0.1) is 0 Å². The number of methoxy groups -OCH3 is 1. The van der Waals surface area contributed by atoms with Crippen molar-refractivity contribution in [1.29, 1.82) is 0 Å². The van der Waals surface area contributed by atoms with E-state index in [-0.39, 0.29) is 24.8 Å². The standard InChI is InChI=1S/C22H21BrN2O3/c1-28-20-9-6-17-12-15(2-3-18(17)13-20)14-25-21(26)10-11-24-22(27)16-4-7-19(23)8-5-16/h2-9,12-13H,10-11,14H2,1H3,(H,24,27)(H,25,26). The molecule has 2 amide bonds. The van der Waals surface area contributed by atoms with Crippen LogP contribution in [0.5, 0.6) is 5.75 Å². The Labute approximate surface area is 172 Å². The first-order valence-corrected chi connectivity index (χ1v) is 9.71. The van der Waals surface area contributed by atoms with Crippen molar-refractivity contribution in [1.82, 2.24) is 10.6 Å². The maximum absolute atomic E-state index is 12.0. The number of carbonyl (C=O) groups is 2. The lowest BCUT2D eigenvalue weighted by Crippen LogP contribution is -2.30. The zero-order valence-corrected chi connectivity index (χ0v) is 17.1. The molecule has 2 N–H and O–H groups in total. The van der Waals surface area contributed by atoms with Crippen LogP contribution in [-0.4, -0.2) is 25.5 Å². The maximum atomic E-state index is 12.0. The number of rotatable bonds is 7. The zero-order valence-electron chi connectivity index (χ0n) is 15.5. The summed E-state index contributed by atoms with van der Waals surface area (Å²) in [6, 6.07) is 19.0. The fourth-order valence-electron chi connectivity index (χ4n) is 2.79. The summed E-state index contributed by atoms with van der Waals surface area (Å²) in [4.78, 5) is 24.1. The Morgan fingerprint density at radius 1 is 0.929 bits per heavy atom. The highest BCUT2D eigenvalue weighted by atomic mass is 79.9. The molecule has 5 nitrogen and oxygen atoms in total. The lowest BCUT2D eigenvalue weighted by atomic mass is 10.1. The van der Waals surface area contributed by atoms with E-state index in [9.17, 15) is 9.59 Å². The number of ether oxygens (including phenoxy) is 1. The van der Waals surface area contributed by atoms with Crippen LogP contribution in [0.1, 0.15) is 22.3 Å². The zero-order chi connectivity index (χ0) is 19.9. The smallest absolute Gasteiger partial charge is 0.251 e. The van der Waals surface area contributed by atoms with Crippen molar-refractivity contribution >= 4 is 38.5 Å². The third-order valence-corrected chi connectivity index (χ3v) is 4.87. The molecule has 0 heterocycles. The van der Waals surface area contributed by atoms with Crippen LogP contribution in [0.3, 0.4) is 0 Å². The molecule has 3 rings (SSSR count). The van der Waals surface area contributed by atoms with Crippen LogP contribution in [0.2, 0.25) is 0 Å². The number of halogens is 1. The first-order chi connectivity index (χ1) is 13.5. The average Bonchev–Trinajstić information content (AvgIpc) is 2.72. The van der Waals surface area contributed by atoms with Crippen LogP contribution in [-0.2, 0) is 11.3 Å². The summed E-state index contributed by atoms with van der Waals surface area (Å²) >= 11 is 3.33. The van der Waals surface area contributed by atoms with E-state index in [1.165, 1.54) is 0 Å². The van der Waals surface area contributed by atoms with E-state index in [0.717, 1.165) is 26.6 Å². The monoisotopic (exact) mass is 440 g/mol. The van der Waals surface area contributed by atoms with Gasteiger partial charge in [-0.05, 0) is 58.8 Å². The third-order valence-electron chi connectivity index (χ3n) is 4.35. The minimum Gasteiger partial charge on any atom is -0.497 e. The van der Waals surface area contributed by atoms with E-state index in [1.54, 1.807) is 31.4 Å². The molecule has 3 aromatic rings. The van der Waals surface area contributed by atoms with Gasteiger partial charge in [0.25, 0.3) is 5.91 Å². The number of hydrogen-bond acceptors (Lipinski definition) is 3. The second-order valence-electron chi connectivity index (χ2n) is 6.34. The molecule has 0 saturated carbocycles. The van der Waals surface area contributed by atoms with E-state index < -0.39 is 0 Å². The van der Waals surface area contributed by atoms with Gasteiger partial charge in [0.05, 0.1) is 7.11 Å². The average molecular weight is 441 g/mol. The van der Waals surface area contributed by atoms with Crippen LogP contribution in [0.25, 0.3) is 10.8 Å². The molecule has 0 saturated heterocycles. The van der Waals surface area contributed by atoms with Crippen molar-refractivity contribution in [3.05, 3.63) is 76.3 Å². The number of benzene rings is 3. The van der Waals surface area contributed by atoms with E-state index in [1.807, 2.05) is 36.4 Å². The van der Waals surface area contributed by atoms with Crippen LogP contribution >= 0.6 is 15.9 Å². The molecular weight excluding hydrogens is 420 g/mol. The lowest BCUT2D eigenvalue weighted by molar-refractivity contribution is -0.121. The Hall–Kier alpha value is -2.86. The quantitative estimate of drug-likeness (QED) is 0.582. The molecule has 0 atom stereocenters. The SMILES string of the molecule is COc1ccc2cc(CNC(=O)CCNC(=O)c3ccc(Br)cc3)ccc2c1. The van der Waals surface area contributed by atoms with Crippen molar-refractivity contribution < 1.29 is 14.3 Å². The molecule has 0 aromatic heterocycles. The van der Waals surface area contributed by atoms with Crippen LogP contribution in [0.4, 0.5) is 0 Å². The Morgan fingerprint density at radius 2 is 1.64 bits per heavy atom. The molecule has 28 heavy (non-hydrogen) atoms. The summed E-state index contributed by atoms with van der Waals surface area (Å²) in [5, 5.41) is 7.82. The van der Waals surface area contributed by atoms with Gasteiger partial charge < -0.3 is 15.4 Å². The Kier molecular flexibility index (Phi) is 6.66. The van der Waals surface area contributed by atoms with Gasteiger partial charge in [0, 0.05) is 29.5 Å². The molecule has 0 spiro atoms. The highest BCUT2D eigenvalue weighted by molar-refractivity contribution is 9.10. The lowest BCUT2D eigenvalue weighted by Gasteiger charge is -2.08. The van der Waals surface area contributed by atoms with Crippen molar-refractivity contribution in [2.24, 2.45) is 0 Å². The normalized spacial score (nSPS) is 10.5. The Morgan fingerprint density at radius 3 is 2.39 bits per heavy atom. The van der Waals surface area contributed by atoms with Gasteiger partial charge in [0.2, 0.25) is 5.91 Å². The third kappa shape index (κ3) is 5.33. The molecule has 144 valence electrons. The van der Waals surface area contributed by atoms with E-state index in [0.29, 0.717) is 12.1 Å². The Balaban J connectivity index is 1.45. The predicted octanol–water partition coefficient (Wildman–Crippen LogP) is 4.05. The van der Waals surface area contributed by atoms with E-state index in [2.05, 4.69) is 26.6 Å². The second-order valence-corrected chi connectivity index (χ2v) is 7.25. The van der Waals surface area contributed by atoms with Gasteiger partial charge in [-0.3, -0.25) is 9.59 Å². The summed E-state index contributed by atoms with van der Waals surface area (Å²) in [6.07, 6.45) is 0.229. The van der Waals surface area contributed by atoms with Gasteiger partial charge in [-0.1, -0.05) is 34.1 Å². The summed E-state index contributed by atoms with van der Waals surface area (Å²) in [6.45, 7) is 0.736. The highest BCUT2D eigenvalue weighted by Crippen LogP contribution is 2.21. The largest absolute Gasteiger partial charge is 0.497 e. The molecule has 0 aliphatic carbocycles. The maximum Gasteiger partial charge on any atom is 0.251 e. The van der Waals surface area contributed by atoms with Crippen molar-refractivity contribution in [3.8, 4) is 5.75 Å². The molecule has 3 aromatic carbocycles. The molecule has 0 bridgehead atoms. The Bertz CT molecular complexity index is 987. The van der Waals surface area contributed by atoms with Crippen LogP contribution < -0.4 is 15.4 Å². The topological polar surface area (TPSA) is 67.4 Å². The predicted molar refractivity (Wildman–Crippen MR) is 113 cm³/mol.